The lowest BCUT2D eigenvalue weighted by molar-refractivity contribution is -0.130. The van der Waals surface area contributed by atoms with Crippen molar-refractivity contribution in [3.8, 4) is 11.4 Å². The van der Waals surface area contributed by atoms with Crippen LogP contribution in [0, 0.1) is 5.92 Å². The molecular formula is C16H20ClN5OS. The topological polar surface area (TPSA) is 77.0 Å². The standard InChI is InChI=1S/C16H20ClN5OS/c1-11-3-2-8-21(9-11)14(23)10-24-16-20-19-15(22(16)18)12-4-6-13(17)7-5-12/h4-7,11H,2-3,8-10,18H2,1H3/t11-/m0/s1. The van der Waals surface area contributed by atoms with Crippen LogP contribution in [0.1, 0.15) is 19.8 Å². The summed E-state index contributed by atoms with van der Waals surface area (Å²) in [5, 5.41) is 9.39. The molecule has 2 N–H and O–H groups in total. The second kappa shape index (κ2) is 7.44. The second-order valence-electron chi connectivity index (χ2n) is 6.06. The van der Waals surface area contributed by atoms with Crippen molar-refractivity contribution in [2.75, 3.05) is 24.7 Å². The van der Waals surface area contributed by atoms with E-state index in [1.807, 2.05) is 17.0 Å². The first kappa shape index (κ1) is 17.1. The van der Waals surface area contributed by atoms with E-state index < -0.39 is 0 Å². The average molecular weight is 366 g/mol. The Labute approximate surface area is 150 Å². The van der Waals surface area contributed by atoms with Crippen molar-refractivity contribution in [2.24, 2.45) is 5.92 Å². The zero-order valence-electron chi connectivity index (χ0n) is 13.5. The molecular weight excluding hydrogens is 346 g/mol. The summed E-state index contributed by atoms with van der Waals surface area (Å²) in [6.07, 6.45) is 2.27. The van der Waals surface area contributed by atoms with Gasteiger partial charge in [-0.2, -0.15) is 0 Å². The molecule has 128 valence electrons. The highest BCUT2D eigenvalue weighted by molar-refractivity contribution is 7.99. The largest absolute Gasteiger partial charge is 0.342 e. The van der Waals surface area contributed by atoms with Gasteiger partial charge >= 0.3 is 0 Å². The quantitative estimate of drug-likeness (QED) is 0.665. The van der Waals surface area contributed by atoms with Crippen LogP contribution in [0.15, 0.2) is 29.4 Å². The molecule has 1 aromatic carbocycles. The van der Waals surface area contributed by atoms with Gasteiger partial charge in [-0.05, 0) is 43.0 Å². The van der Waals surface area contributed by atoms with Crippen molar-refractivity contribution in [1.29, 1.82) is 0 Å². The van der Waals surface area contributed by atoms with Gasteiger partial charge in [0.1, 0.15) is 0 Å². The lowest BCUT2D eigenvalue weighted by atomic mass is 10.0. The van der Waals surface area contributed by atoms with Crippen LogP contribution in [0.25, 0.3) is 11.4 Å². The SMILES string of the molecule is C[C@H]1CCCN(C(=O)CSc2nnc(-c3ccc(Cl)cc3)n2N)C1. The minimum Gasteiger partial charge on any atom is -0.342 e. The molecule has 1 amide bonds. The Kier molecular flexibility index (Phi) is 5.30. The second-order valence-corrected chi connectivity index (χ2v) is 7.44. The minimum atomic E-state index is 0.127. The molecule has 0 unspecified atom stereocenters. The average Bonchev–Trinajstić information content (AvgIpc) is 2.94. The number of nitrogens with two attached hydrogens (primary N) is 1. The van der Waals surface area contributed by atoms with E-state index in [0.29, 0.717) is 27.7 Å². The normalized spacial score (nSPS) is 17.9. The van der Waals surface area contributed by atoms with Gasteiger partial charge in [0.2, 0.25) is 11.1 Å². The summed E-state index contributed by atoms with van der Waals surface area (Å²) in [7, 11) is 0. The molecule has 2 aromatic rings. The maximum Gasteiger partial charge on any atom is 0.233 e. The summed E-state index contributed by atoms with van der Waals surface area (Å²) < 4.78 is 1.42. The van der Waals surface area contributed by atoms with E-state index in [1.165, 1.54) is 22.9 Å². The Bertz CT molecular complexity index is 718. The van der Waals surface area contributed by atoms with E-state index in [2.05, 4.69) is 17.1 Å². The third-order valence-corrected chi connectivity index (χ3v) is 5.28. The third-order valence-electron chi connectivity index (χ3n) is 4.10. The first-order chi connectivity index (χ1) is 11.5. The van der Waals surface area contributed by atoms with E-state index in [1.54, 1.807) is 12.1 Å². The summed E-state index contributed by atoms with van der Waals surface area (Å²) in [5.41, 5.74) is 0.831. The fourth-order valence-electron chi connectivity index (χ4n) is 2.80. The van der Waals surface area contributed by atoms with E-state index in [-0.39, 0.29) is 5.91 Å². The minimum absolute atomic E-state index is 0.127. The molecule has 0 saturated carbocycles. The zero-order chi connectivity index (χ0) is 17.1. The van der Waals surface area contributed by atoms with Gasteiger partial charge in [0.05, 0.1) is 5.75 Å². The van der Waals surface area contributed by atoms with Gasteiger partial charge in [-0.1, -0.05) is 30.3 Å². The fraction of sp³-hybridized carbons (Fsp3) is 0.438. The highest BCUT2D eigenvalue weighted by atomic mass is 35.5. The van der Waals surface area contributed by atoms with Gasteiger partial charge in [-0.3, -0.25) is 4.79 Å². The number of halogens is 1. The van der Waals surface area contributed by atoms with Crippen molar-refractivity contribution < 1.29 is 4.79 Å². The molecule has 0 bridgehead atoms. The van der Waals surface area contributed by atoms with Crippen LogP contribution >= 0.6 is 23.4 Å². The van der Waals surface area contributed by atoms with Gasteiger partial charge in [-0.15, -0.1) is 10.2 Å². The van der Waals surface area contributed by atoms with Gasteiger partial charge in [0.25, 0.3) is 0 Å². The molecule has 24 heavy (non-hydrogen) atoms. The summed E-state index contributed by atoms with van der Waals surface area (Å²) in [6.45, 7) is 3.86. The van der Waals surface area contributed by atoms with Gasteiger partial charge in [0.15, 0.2) is 5.82 Å². The predicted octanol–water partition coefficient (Wildman–Crippen LogP) is 2.66. The van der Waals surface area contributed by atoms with E-state index in [4.69, 9.17) is 17.4 Å². The lowest BCUT2D eigenvalue weighted by Gasteiger charge is -2.30. The number of thioether (sulfide) groups is 1. The highest BCUT2D eigenvalue weighted by Crippen LogP contribution is 2.24. The number of nitrogen functional groups attached to an aromatic ring is 1. The van der Waals surface area contributed by atoms with Crippen molar-refractivity contribution in [1.82, 2.24) is 19.8 Å². The molecule has 1 atom stereocenters. The third kappa shape index (κ3) is 3.84. The van der Waals surface area contributed by atoms with Crippen LogP contribution in [0.4, 0.5) is 0 Å². The molecule has 1 saturated heterocycles. The van der Waals surface area contributed by atoms with E-state index in [9.17, 15) is 4.79 Å². The number of nitrogens with zero attached hydrogens (tertiary/aromatic N) is 4. The van der Waals surface area contributed by atoms with Crippen molar-refractivity contribution in [2.45, 2.75) is 24.9 Å². The summed E-state index contributed by atoms with van der Waals surface area (Å²) in [4.78, 5) is 14.3. The molecule has 3 rings (SSSR count). The summed E-state index contributed by atoms with van der Waals surface area (Å²) >= 11 is 7.21. The molecule has 0 spiro atoms. The Balaban J connectivity index is 1.64. The maximum atomic E-state index is 12.3. The molecule has 0 aliphatic carbocycles. The fourth-order valence-corrected chi connectivity index (χ4v) is 3.69. The summed E-state index contributed by atoms with van der Waals surface area (Å²) in [6, 6.07) is 7.23. The first-order valence-corrected chi connectivity index (χ1v) is 9.28. The number of carbonyl (C=O) groups is 1. The smallest absolute Gasteiger partial charge is 0.233 e. The molecule has 2 heterocycles. The Morgan fingerprint density at radius 1 is 1.38 bits per heavy atom. The molecule has 1 aromatic heterocycles. The molecule has 6 nitrogen and oxygen atoms in total. The molecule has 8 heteroatoms. The first-order valence-electron chi connectivity index (χ1n) is 7.91. The van der Waals surface area contributed by atoms with Crippen molar-refractivity contribution in [3.05, 3.63) is 29.3 Å². The molecule has 1 fully saturated rings. The Morgan fingerprint density at radius 2 is 2.12 bits per heavy atom. The molecule has 1 aliphatic rings. The number of amides is 1. The highest BCUT2D eigenvalue weighted by Gasteiger charge is 2.22. The van der Waals surface area contributed by atoms with Crippen molar-refractivity contribution >= 4 is 29.3 Å². The zero-order valence-corrected chi connectivity index (χ0v) is 15.1. The lowest BCUT2D eigenvalue weighted by Crippen LogP contribution is -2.40. The Hall–Kier alpha value is -1.73. The van der Waals surface area contributed by atoms with Crippen LogP contribution in [0.3, 0.4) is 0 Å². The maximum absolute atomic E-state index is 12.3. The van der Waals surface area contributed by atoms with Gasteiger partial charge in [-0.25, -0.2) is 4.68 Å². The van der Waals surface area contributed by atoms with Crippen LogP contribution < -0.4 is 5.84 Å². The number of hydrogen-bond donors (Lipinski definition) is 1. The number of aromatic nitrogens is 3. The van der Waals surface area contributed by atoms with E-state index >= 15 is 0 Å². The van der Waals surface area contributed by atoms with Crippen LogP contribution in [-0.2, 0) is 4.79 Å². The van der Waals surface area contributed by atoms with E-state index in [0.717, 1.165) is 25.1 Å². The van der Waals surface area contributed by atoms with Gasteiger partial charge in [0, 0.05) is 23.7 Å². The van der Waals surface area contributed by atoms with Crippen molar-refractivity contribution in [3.63, 3.8) is 0 Å². The number of rotatable bonds is 4. The number of carbonyl (C=O) groups excluding carboxylic acids is 1. The molecule has 1 aliphatic heterocycles. The monoisotopic (exact) mass is 365 g/mol. The van der Waals surface area contributed by atoms with Crippen LogP contribution in [-0.4, -0.2) is 44.5 Å². The predicted molar refractivity (Wildman–Crippen MR) is 96.3 cm³/mol. The number of hydrogen-bond acceptors (Lipinski definition) is 5. The summed E-state index contributed by atoms with van der Waals surface area (Å²) in [5.74, 6) is 7.64. The number of piperidine rings is 1. The van der Waals surface area contributed by atoms with Gasteiger partial charge < -0.3 is 10.7 Å². The number of benzene rings is 1. The molecule has 0 radical (unpaired) electrons. The number of likely N-dealkylation sites (tertiary alicyclic amines) is 1. The van der Waals surface area contributed by atoms with Crippen LogP contribution in [0.5, 0.6) is 0 Å². The van der Waals surface area contributed by atoms with Crippen LogP contribution in [0.2, 0.25) is 5.02 Å². The Morgan fingerprint density at radius 3 is 2.83 bits per heavy atom.